The van der Waals surface area contributed by atoms with Gasteiger partial charge in [0.1, 0.15) is 0 Å². The Balaban J connectivity index is 1.55. The third-order valence-electron chi connectivity index (χ3n) is 5.74. The van der Waals surface area contributed by atoms with Crippen molar-refractivity contribution < 1.29 is 19.2 Å². The molecule has 2 N–H and O–H groups in total. The highest BCUT2D eigenvalue weighted by Gasteiger charge is 2.59. The number of primary amides is 1. The van der Waals surface area contributed by atoms with E-state index in [9.17, 15) is 14.4 Å². The van der Waals surface area contributed by atoms with E-state index in [1.807, 2.05) is 36.4 Å². The predicted octanol–water partition coefficient (Wildman–Crippen LogP) is 1.96. The van der Waals surface area contributed by atoms with Gasteiger partial charge in [-0.25, -0.2) is 4.90 Å². The van der Waals surface area contributed by atoms with Gasteiger partial charge >= 0.3 is 0 Å². The first kappa shape index (κ1) is 19.3. The number of pyridine rings is 1. The zero-order chi connectivity index (χ0) is 21.5. The third-order valence-corrected chi connectivity index (χ3v) is 5.74. The number of hydrogen-bond acceptors (Lipinski definition) is 6. The van der Waals surface area contributed by atoms with Crippen molar-refractivity contribution >= 4 is 34.3 Å². The second-order valence-electron chi connectivity index (χ2n) is 7.66. The minimum Gasteiger partial charge on any atom is -0.370 e. The molecular formula is C23H20N4O4. The SMILES string of the molecule is NC(=O)CCN1OC2C(=O)N(c3ccccc3)C(=O)C2C1c1cnc2ccccc2c1. The highest BCUT2D eigenvalue weighted by Crippen LogP contribution is 2.45. The summed E-state index contributed by atoms with van der Waals surface area (Å²) in [7, 11) is 0. The number of hydrogen-bond donors (Lipinski definition) is 1. The molecular weight excluding hydrogens is 396 g/mol. The number of aromatic nitrogens is 1. The van der Waals surface area contributed by atoms with Gasteiger partial charge in [-0.05, 0) is 29.8 Å². The predicted molar refractivity (Wildman–Crippen MR) is 112 cm³/mol. The quantitative estimate of drug-likeness (QED) is 0.638. The molecule has 3 unspecified atom stereocenters. The molecule has 0 aliphatic carbocycles. The molecule has 0 radical (unpaired) electrons. The van der Waals surface area contributed by atoms with Crippen LogP contribution in [0, 0.1) is 5.92 Å². The monoisotopic (exact) mass is 416 g/mol. The summed E-state index contributed by atoms with van der Waals surface area (Å²) in [4.78, 5) is 49.5. The smallest absolute Gasteiger partial charge is 0.265 e. The number of rotatable bonds is 5. The number of benzene rings is 2. The lowest BCUT2D eigenvalue weighted by Crippen LogP contribution is -2.38. The molecule has 5 rings (SSSR count). The topological polar surface area (TPSA) is 106 Å². The number of nitrogens with two attached hydrogens (primary N) is 1. The maximum Gasteiger partial charge on any atom is 0.265 e. The first-order chi connectivity index (χ1) is 15.0. The van der Waals surface area contributed by atoms with E-state index >= 15 is 0 Å². The van der Waals surface area contributed by atoms with Crippen molar-refractivity contribution in [2.24, 2.45) is 11.7 Å². The highest BCUT2D eigenvalue weighted by molar-refractivity contribution is 6.23. The van der Waals surface area contributed by atoms with Crippen LogP contribution in [0.3, 0.4) is 0 Å². The first-order valence-electron chi connectivity index (χ1n) is 10.0. The maximum absolute atomic E-state index is 13.4. The molecule has 1 aromatic heterocycles. The Morgan fingerprint density at radius 2 is 1.77 bits per heavy atom. The zero-order valence-corrected chi connectivity index (χ0v) is 16.5. The maximum atomic E-state index is 13.4. The van der Waals surface area contributed by atoms with Gasteiger partial charge in [0.05, 0.1) is 23.2 Å². The van der Waals surface area contributed by atoms with E-state index in [1.54, 1.807) is 30.5 Å². The molecule has 3 aromatic rings. The lowest BCUT2D eigenvalue weighted by molar-refractivity contribution is -0.173. The van der Waals surface area contributed by atoms with E-state index in [0.29, 0.717) is 5.69 Å². The molecule has 8 nitrogen and oxygen atoms in total. The first-order valence-corrected chi connectivity index (χ1v) is 10.0. The Bertz CT molecular complexity index is 1180. The molecule has 3 heterocycles. The summed E-state index contributed by atoms with van der Waals surface area (Å²) in [6, 6.07) is 17.8. The van der Waals surface area contributed by atoms with Crippen LogP contribution in [-0.4, -0.2) is 40.4 Å². The number of fused-ring (bicyclic) bond motifs is 2. The number of imide groups is 1. The van der Waals surface area contributed by atoms with Crippen molar-refractivity contribution in [3.63, 3.8) is 0 Å². The molecule has 2 fully saturated rings. The van der Waals surface area contributed by atoms with Gasteiger partial charge in [0, 0.05) is 24.5 Å². The van der Waals surface area contributed by atoms with E-state index in [-0.39, 0.29) is 18.9 Å². The summed E-state index contributed by atoms with van der Waals surface area (Å²) < 4.78 is 0. The summed E-state index contributed by atoms with van der Waals surface area (Å²) >= 11 is 0. The van der Waals surface area contributed by atoms with E-state index < -0.39 is 29.9 Å². The van der Waals surface area contributed by atoms with Gasteiger partial charge in [0.2, 0.25) is 11.8 Å². The fourth-order valence-corrected chi connectivity index (χ4v) is 4.34. The van der Waals surface area contributed by atoms with Gasteiger partial charge in [-0.1, -0.05) is 36.4 Å². The minimum absolute atomic E-state index is 0.0434. The van der Waals surface area contributed by atoms with Crippen molar-refractivity contribution in [3.05, 3.63) is 72.4 Å². The lowest BCUT2D eigenvalue weighted by atomic mass is 9.91. The van der Waals surface area contributed by atoms with Crippen LogP contribution in [0.4, 0.5) is 5.69 Å². The van der Waals surface area contributed by atoms with Crippen LogP contribution in [0.25, 0.3) is 10.9 Å². The van der Waals surface area contributed by atoms with Crippen molar-refractivity contribution in [2.75, 3.05) is 11.4 Å². The highest BCUT2D eigenvalue weighted by atomic mass is 16.7. The molecule has 31 heavy (non-hydrogen) atoms. The molecule has 2 saturated heterocycles. The second-order valence-corrected chi connectivity index (χ2v) is 7.66. The van der Waals surface area contributed by atoms with Crippen LogP contribution in [0.5, 0.6) is 0 Å². The van der Waals surface area contributed by atoms with Gasteiger partial charge in [-0.2, -0.15) is 5.06 Å². The van der Waals surface area contributed by atoms with Crippen molar-refractivity contribution in [1.29, 1.82) is 0 Å². The van der Waals surface area contributed by atoms with Gasteiger partial charge in [-0.15, -0.1) is 0 Å². The Morgan fingerprint density at radius 3 is 2.55 bits per heavy atom. The van der Waals surface area contributed by atoms with Crippen LogP contribution in [-0.2, 0) is 19.2 Å². The number of hydroxylamine groups is 2. The molecule has 0 spiro atoms. The van der Waals surface area contributed by atoms with Gasteiger partial charge < -0.3 is 5.73 Å². The van der Waals surface area contributed by atoms with Crippen molar-refractivity contribution in [3.8, 4) is 0 Å². The number of anilines is 1. The van der Waals surface area contributed by atoms with E-state index in [2.05, 4.69) is 4.98 Å². The molecule has 3 amide bonds. The molecule has 2 aliphatic heterocycles. The molecule has 156 valence electrons. The number of amides is 3. The standard InChI is InChI=1S/C23H20N4O4/c24-18(28)10-11-26-20(15-12-14-6-4-5-9-17(14)25-13-15)19-21(31-26)23(30)27(22(19)29)16-7-2-1-3-8-16/h1-9,12-13,19-21H,10-11H2,(H2,24,28). The Kier molecular flexibility index (Phi) is 4.72. The molecule has 0 saturated carbocycles. The summed E-state index contributed by atoms with van der Waals surface area (Å²) in [6.07, 6.45) is 0.776. The minimum atomic E-state index is -0.961. The Hall–Kier alpha value is -3.62. The normalized spacial score (nSPS) is 23.5. The number of carbonyl (C=O) groups is 3. The van der Waals surface area contributed by atoms with Gasteiger partial charge in [0.25, 0.3) is 5.91 Å². The number of carbonyl (C=O) groups excluding carboxylic acids is 3. The summed E-state index contributed by atoms with van der Waals surface area (Å²) in [5.41, 5.74) is 7.40. The third kappa shape index (κ3) is 3.26. The summed E-state index contributed by atoms with van der Waals surface area (Å²) in [5, 5.41) is 2.44. The average Bonchev–Trinajstić information content (AvgIpc) is 3.28. The van der Waals surface area contributed by atoms with Crippen molar-refractivity contribution in [1.82, 2.24) is 10.0 Å². The van der Waals surface area contributed by atoms with Gasteiger partial charge in [-0.3, -0.25) is 24.2 Å². The summed E-state index contributed by atoms with van der Waals surface area (Å²) in [5.74, 6) is -1.98. The van der Waals surface area contributed by atoms with Gasteiger partial charge in [0.15, 0.2) is 6.10 Å². The molecule has 0 bridgehead atoms. The van der Waals surface area contributed by atoms with Crippen LogP contribution in [0.1, 0.15) is 18.0 Å². The van der Waals surface area contributed by atoms with E-state index in [4.69, 9.17) is 10.6 Å². The van der Waals surface area contributed by atoms with E-state index in [1.165, 1.54) is 9.96 Å². The largest absolute Gasteiger partial charge is 0.370 e. The summed E-state index contributed by atoms with van der Waals surface area (Å²) in [6.45, 7) is 0.172. The molecule has 2 aliphatic rings. The Labute approximate surface area is 178 Å². The fraction of sp³-hybridized carbons (Fsp3) is 0.217. The van der Waals surface area contributed by atoms with Crippen LogP contribution in [0.15, 0.2) is 66.9 Å². The van der Waals surface area contributed by atoms with Crippen LogP contribution < -0.4 is 10.6 Å². The average molecular weight is 416 g/mol. The number of nitrogens with zero attached hydrogens (tertiary/aromatic N) is 3. The van der Waals surface area contributed by atoms with Crippen LogP contribution >= 0.6 is 0 Å². The van der Waals surface area contributed by atoms with E-state index in [0.717, 1.165) is 16.5 Å². The lowest BCUT2D eigenvalue weighted by Gasteiger charge is -2.26. The fourth-order valence-electron chi connectivity index (χ4n) is 4.34. The zero-order valence-electron chi connectivity index (χ0n) is 16.5. The number of para-hydroxylation sites is 2. The molecule has 2 aromatic carbocycles. The molecule has 8 heteroatoms. The second kappa shape index (κ2) is 7.57. The van der Waals surface area contributed by atoms with Crippen LogP contribution in [0.2, 0.25) is 0 Å². The van der Waals surface area contributed by atoms with Crippen molar-refractivity contribution in [2.45, 2.75) is 18.6 Å². The Morgan fingerprint density at radius 1 is 1.03 bits per heavy atom. The molecule has 3 atom stereocenters.